The lowest BCUT2D eigenvalue weighted by Gasteiger charge is -2.21. The summed E-state index contributed by atoms with van der Waals surface area (Å²) in [5, 5.41) is 10.3. The zero-order valence-electron chi connectivity index (χ0n) is 17.7. The second-order valence-corrected chi connectivity index (χ2v) is 7.56. The van der Waals surface area contributed by atoms with E-state index >= 15 is 0 Å². The summed E-state index contributed by atoms with van der Waals surface area (Å²) in [7, 11) is 1.66. The molecule has 2 atom stereocenters. The first kappa shape index (κ1) is 22.9. The van der Waals surface area contributed by atoms with Crippen molar-refractivity contribution in [3.8, 4) is 11.5 Å². The molecular formula is C24H40O2. The molecule has 1 rings (SSSR count). The van der Waals surface area contributed by atoms with E-state index < -0.39 is 0 Å². The molecule has 0 saturated heterocycles. The van der Waals surface area contributed by atoms with Gasteiger partial charge in [-0.3, -0.25) is 0 Å². The Morgan fingerprint density at radius 3 is 2.12 bits per heavy atom. The summed E-state index contributed by atoms with van der Waals surface area (Å²) >= 11 is 0. The lowest BCUT2D eigenvalue weighted by atomic mass is 9.86. The van der Waals surface area contributed by atoms with Gasteiger partial charge < -0.3 is 9.84 Å². The average molecular weight is 361 g/mol. The van der Waals surface area contributed by atoms with Crippen molar-refractivity contribution in [3.63, 3.8) is 0 Å². The minimum Gasteiger partial charge on any atom is -0.504 e. The number of methoxy groups -OCH3 is 1. The maximum absolute atomic E-state index is 10.3. The largest absolute Gasteiger partial charge is 0.504 e. The molecule has 0 aliphatic carbocycles. The topological polar surface area (TPSA) is 29.5 Å². The van der Waals surface area contributed by atoms with Gasteiger partial charge in [0.25, 0.3) is 0 Å². The third kappa shape index (κ3) is 7.21. The third-order valence-electron chi connectivity index (χ3n) is 5.60. The van der Waals surface area contributed by atoms with E-state index in [0.717, 1.165) is 30.4 Å². The standard InChI is InChI=1S/C24H40O2/c1-6-10-12-19(8-3)14-15-21-16-17-23(25)24(26-5)22(21)18-20(9-4)13-11-7-2/h16-17,19-20,25H,6-14,18H2,1-5H3. The fourth-order valence-electron chi connectivity index (χ4n) is 3.64. The van der Waals surface area contributed by atoms with Gasteiger partial charge in [0.15, 0.2) is 11.5 Å². The Kier molecular flexibility index (Phi) is 11.5. The molecule has 0 aromatic heterocycles. The monoisotopic (exact) mass is 360 g/mol. The van der Waals surface area contributed by atoms with Crippen LogP contribution in [0.5, 0.6) is 11.5 Å². The second kappa shape index (κ2) is 13.1. The third-order valence-corrected chi connectivity index (χ3v) is 5.60. The highest BCUT2D eigenvalue weighted by molar-refractivity contribution is 5.52. The van der Waals surface area contributed by atoms with E-state index in [1.54, 1.807) is 13.2 Å². The average Bonchev–Trinajstić information content (AvgIpc) is 2.66. The van der Waals surface area contributed by atoms with Gasteiger partial charge in [-0.25, -0.2) is 0 Å². The Bertz CT molecular complexity index is 495. The molecule has 0 saturated carbocycles. The molecule has 0 aliphatic heterocycles. The predicted octanol–water partition coefficient (Wildman–Crippen LogP) is 7.20. The van der Waals surface area contributed by atoms with Crippen LogP contribution in [0.4, 0.5) is 0 Å². The van der Waals surface area contributed by atoms with Gasteiger partial charge in [0, 0.05) is 12.0 Å². The molecule has 1 aromatic carbocycles. The fraction of sp³-hybridized carbons (Fsp3) is 0.708. The molecule has 0 heterocycles. The van der Waals surface area contributed by atoms with Crippen molar-refractivity contribution in [2.45, 2.75) is 91.9 Å². The van der Waals surface area contributed by atoms with E-state index in [9.17, 15) is 5.11 Å². The van der Waals surface area contributed by atoms with E-state index in [1.165, 1.54) is 44.9 Å². The minimum atomic E-state index is 0.247. The molecule has 2 unspecified atom stereocenters. The van der Waals surface area contributed by atoms with Crippen molar-refractivity contribution in [2.24, 2.45) is 11.8 Å². The molecule has 26 heavy (non-hydrogen) atoms. The van der Waals surface area contributed by atoms with Gasteiger partial charge in [0.1, 0.15) is 0 Å². The molecular weight excluding hydrogens is 320 g/mol. The van der Waals surface area contributed by atoms with Gasteiger partial charge in [0.2, 0.25) is 0 Å². The summed E-state index contributed by atoms with van der Waals surface area (Å²) in [5.41, 5.74) is 2.27. The Labute approximate surface area is 162 Å². The van der Waals surface area contributed by atoms with Crippen molar-refractivity contribution in [1.82, 2.24) is 0 Å². The summed E-state index contributed by atoms with van der Waals surface area (Å²) in [5.74, 6) is 2.22. The van der Waals surface area contributed by atoms with Crippen molar-refractivity contribution < 1.29 is 9.84 Å². The molecule has 0 spiro atoms. The van der Waals surface area contributed by atoms with Crippen LogP contribution in [0.2, 0.25) is 0 Å². The Hall–Kier alpha value is -1.18. The molecule has 0 aliphatic rings. The van der Waals surface area contributed by atoms with Gasteiger partial charge in [-0.2, -0.15) is 0 Å². The molecule has 0 bridgehead atoms. The van der Waals surface area contributed by atoms with E-state index in [1.807, 2.05) is 6.07 Å². The minimum absolute atomic E-state index is 0.247. The van der Waals surface area contributed by atoms with Crippen LogP contribution in [0.1, 0.15) is 96.6 Å². The number of ether oxygens (including phenoxy) is 1. The zero-order valence-corrected chi connectivity index (χ0v) is 17.7. The summed E-state index contributed by atoms with van der Waals surface area (Å²) in [6, 6.07) is 3.77. The number of unbranched alkanes of at least 4 members (excludes halogenated alkanes) is 2. The van der Waals surface area contributed by atoms with E-state index in [0.29, 0.717) is 17.6 Å². The number of phenolic OH excluding ortho intramolecular Hbond substituents is 1. The SMILES string of the molecule is CCCCC(CC)C[C]c1ccc(O)c(OC)c1CC(CC)CCCC. The molecule has 1 N–H and O–H groups in total. The molecule has 2 nitrogen and oxygen atoms in total. The highest BCUT2D eigenvalue weighted by Crippen LogP contribution is 2.37. The lowest BCUT2D eigenvalue weighted by molar-refractivity contribution is 0.361. The predicted molar refractivity (Wildman–Crippen MR) is 112 cm³/mol. The number of hydrogen-bond donors (Lipinski definition) is 1. The van der Waals surface area contributed by atoms with Crippen LogP contribution in [-0.4, -0.2) is 12.2 Å². The first-order valence-corrected chi connectivity index (χ1v) is 10.7. The van der Waals surface area contributed by atoms with Gasteiger partial charge >= 0.3 is 0 Å². The van der Waals surface area contributed by atoms with Crippen LogP contribution in [-0.2, 0) is 6.42 Å². The first-order valence-electron chi connectivity index (χ1n) is 10.7. The molecule has 1 aromatic rings. The van der Waals surface area contributed by atoms with Gasteiger partial charge in [-0.15, -0.1) is 0 Å². The van der Waals surface area contributed by atoms with Crippen LogP contribution in [0.15, 0.2) is 12.1 Å². The highest BCUT2D eigenvalue weighted by atomic mass is 16.5. The summed E-state index contributed by atoms with van der Waals surface area (Å²) in [6.45, 7) is 9.04. The quantitative estimate of drug-likeness (QED) is 0.380. The number of hydrogen-bond acceptors (Lipinski definition) is 2. The van der Waals surface area contributed by atoms with Gasteiger partial charge in [-0.1, -0.05) is 85.1 Å². The van der Waals surface area contributed by atoms with E-state index in [2.05, 4.69) is 34.1 Å². The highest BCUT2D eigenvalue weighted by Gasteiger charge is 2.19. The number of rotatable bonds is 14. The van der Waals surface area contributed by atoms with E-state index in [-0.39, 0.29) is 5.75 Å². The molecule has 0 fully saturated rings. The van der Waals surface area contributed by atoms with Crippen LogP contribution < -0.4 is 4.74 Å². The number of aromatic hydroxyl groups is 1. The smallest absolute Gasteiger partial charge is 0.163 e. The van der Waals surface area contributed by atoms with Crippen molar-refractivity contribution in [2.75, 3.05) is 7.11 Å². The lowest BCUT2D eigenvalue weighted by Crippen LogP contribution is -2.08. The molecule has 0 amide bonds. The number of phenols is 1. The first-order chi connectivity index (χ1) is 12.6. The molecule has 148 valence electrons. The van der Waals surface area contributed by atoms with Crippen molar-refractivity contribution >= 4 is 0 Å². The fourth-order valence-corrected chi connectivity index (χ4v) is 3.64. The Balaban J connectivity index is 2.95. The zero-order chi connectivity index (χ0) is 19.4. The summed E-state index contributed by atoms with van der Waals surface area (Å²) in [4.78, 5) is 0. The molecule has 2 heteroatoms. The van der Waals surface area contributed by atoms with Crippen LogP contribution in [0.3, 0.4) is 0 Å². The van der Waals surface area contributed by atoms with Crippen LogP contribution >= 0.6 is 0 Å². The molecule has 2 radical (unpaired) electrons. The summed E-state index contributed by atoms with van der Waals surface area (Å²) < 4.78 is 5.57. The van der Waals surface area contributed by atoms with Gasteiger partial charge in [-0.05, 0) is 36.3 Å². The van der Waals surface area contributed by atoms with Crippen molar-refractivity contribution in [3.05, 3.63) is 29.7 Å². The second-order valence-electron chi connectivity index (χ2n) is 7.56. The normalized spacial score (nSPS) is 13.6. The number of benzene rings is 1. The maximum Gasteiger partial charge on any atom is 0.163 e. The van der Waals surface area contributed by atoms with E-state index in [4.69, 9.17) is 4.74 Å². The van der Waals surface area contributed by atoms with Crippen LogP contribution in [0.25, 0.3) is 0 Å². The van der Waals surface area contributed by atoms with Crippen LogP contribution in [0, 0.1) is 18.3 Å². The summed E-state index contributed by atoms with van der Waals surface area (Å²) in [6.07, 6.45) is 15.5. The Morgan fingerprint density at radius 2 is 1.58 bits per heavy atom. The van der Waals surface area contributed by atoms with Gasteiger partial charge in [0.05, 0.1) is 7.11 Å². The maximum atomic E-state index is 10.3. The Morgan fingerprint density at radius 1 is 0.962 bits per heavy atom. The van der Waals surface area contributed by atoms with Crippen molar-refractivity contribution in [1.29, 1.82) is 0 Å².